The molecule has 5 heteroatoms. The second-order valence-electron chi connectivity index (χ2n) is 3.96. The van der Waals surface area contributed by atoms with Crippen LogP contribution < -0.4 is 11.1 Å². The molecular weight excluding hydrogens is 212 g/mol. The largest absolute Gasteiger partial charge is 0.393 e. The molecule has 82 valence electrons. The number of halogens is 1. The lowest BCUT2D eigenvalue weighted by Gasteiger charge is -2.07. The summed E-state index contributed by atoms with van der Waals surface area (Å²) in [5.41, 5.74) is 6.20. The topological polar surface area (TPSA) is 63.8 Å². The van der Waals surface area contributed by atoms with Crippen molar-refractivity contribution >= 4 is 23.1 Å². The molecule has 1 aromatic heterocycles. The molecule has 4 nitrogen and oxygen atoms in total. The second kappa shape index (κ2) is 4.23. The van der Waals surface area contributed by atoms with Crippen molar-refractivity contribution in [3.05, 3.63) is 11.5 Å². The van der Waals surface area contributed by atoms with E-state index in [1.165, 1.54) is 25.6 Å². The van der Waals surface area contributed by atoms with E-state index in [1.807, 2.05) is 0 Å². The van der Waals surface area contributed by atoms with Crippen LogP contribution >= 0.6 is 11.6 Å². The van der Waals surface area contributed by atoms with Gasteiger partial charge in [0.15, 0.2) is 11.0 Å². The van der Waals surface area contributed by atoms with Crippen LogP contribution in [0.2, 0.25) is 5.15 Å². The van der Waals surface area contributed by atoms with Crippen molar-refractivity contribution in [1.29, 1.82) is 0 Å². The highest BCUT2D eigenvalue weighted by Crippen LogP contribution is 2.38. The third-order valence-corrected chi connectivity index (χ3v) is 3.04. The van der Waals surface area contributed by atoms with Crippen LogP contribution in [0.3, 0.4) is 0 Å². The molecule has 0 radical (unpaired) electrons. The average Bonchev–Trinajstić information content (AvgIpc) is 2.93. The molecule has 1 aliphatic rings. The fourth-order valence-corrected chi connectivity index (χ4v) is 1.91. The minimum atomic E-state index is 0.320. The Morgan fingerprint density at radius 1 is 1.60 bits per heavy atom. The lowest BCUT2D eigenvalue weighted by atomic mass is 10.2. The van der Waals surface area contributed by atoms with Gasteiger partial charge in [0, 0.05) is 6.04 Å². The summed E-state index contributed by atoms with van der Waals surface area (Å²) >= 11 is 5.80. The minimum Gasteiger partial charge on any atom is -0.393 e. The normalized spacial score (nSPS) is 23.9. The van der Waals surface area contributed by atoms with Crippen LogP contribution in [0.4, 0.5) is 11.5 Å². The number of nitrogens with one attached hydrogen (secondary N) is 1. The summed E-state index contributed by atoms with van der Waals surface area (Å²) in [5.74, 6) is 1.43. The first kappa shape index (κ1) is 10.5. The maximum atomic E-state index is 5.80. The van der Waals surface area contributed by atoms with Crippen molar-refractivity contribution in [2.45, 2.75) is 32.2 Å². The minimum absolute atomic E-state index is 0.320. The Bertz CT molecular complexity index is 355. The molecule has 0 saturated heterocycles. The summed E-state index contributed by atoms with van der Waals surface area (Å²) < 4.78 is 0. The smallest absolute Gasteiger partial charge is 0.157 e. The van der Waals surface area contributed by atoms with Crippen LogP contribution in [-0.2, 0) is 0 Å². The van der Waals surface area contributed by atoms with Crippen LogP contribution in [0.1, 0.15) is 26.2 Å². The van der Waals surface area contributed by atoms with Gasteiger partial charge in [-0.2, -0.15) is 0 Å². The summed E-state index contributed by atoms with van der Waals surface area (Å²) in [6.45, 7) is 2.20. The van der Waals surface area contributed by atoms with Crippen LogP contribution in [0.15, 0.2) is 6.33 Å². The van der Waals surface area contributed by atoms with Gasteiger partial charge in [-0.3, -0.25) is 0 Å². The van der Waals surface area contributed by atoms with Crippen molar-refractivity contribution in [2.75, 3.05) is 11.1 Å². The van der Waals surface area contributed by atoms with E-state index in [-0.39, 0.29) is 0 Å². The van der Waals surface area contributed by atoms with Crippen LogP contribution in [0, 0.1) is 5.92 Å². The van der Waals surface area contributed by atoms with E-state index >= 15 is 0 Å². The van der Waals surface area contributed by atoms with E-state index < -0.39 is 0 Å². The van der Waals surface area contributed by atoms with Gasteiger partial charge in [-0.05, 0) is 18.8 Å². The van der Waals surface area contributed by atoms with Gasteiger partial charge >= 0.3 is 0 Å². The van der Waals surface area contributed by atoms with Gasteiger partial charge in [0.1, 0.15) is 12.0 Å². The molecule has 15 heavy (non-hydrogen) atoms. The Morgan fingerprint density at radius 2 is 2.40 bits per heavy atom. The molecule has 1 aliphatic carbocycles. The number of hydrogen-bond acceptors (Lipinski definition) is 4. The first-order valence-corrected chi connectivity index (χ1v) is 5.62. The maximum absolute atomic E-state index is 5.80. The first-order valence-electron chi connectivity index (χ1n) is 5.25. The van der Waals surface area contributed by atoms with Crippen molar-refractivity contribution in [3.8, 4) is 0 Å². The Balaban J connectivity index is 1.98. The zero-order chi connectivity index (χ0) is 10.8. The molecule has 2 unspecified atom stereocenters. The number of anilines is 2. The highest BCUT2D eigenvalue weighted by molar-refractivity contribution is 6.32. The molecule has 0 spiro atoms. The number of rotatable bonds is 4. The molecule has 1 aromatic rings. The van der Waals surface area contributed by atoms with E-state index in [0.717, 1.165) is 5.92 Å². The molecule has 0 aromatic carbocycles. The Morgan fingerprint density at radius 3 is 3.13 bits per heavy atom. The molecule has 1 saturated carbocycles. The van der Waals surface area contributed by atoms with Gasteiger partial charge in [0.25, 0.3) is 0 Å². The van der Waals surface area contributed by atoms with Gasteiger partial charge in [0.2, 0.25) is 0 Å². The Hall–Kier alpha value is -1.03. The maximum Gasteiger partial charge on any atom is 0.157 e. The molecule has 0 bridgehead atoms. The van der Waals surface area contributed by atoms with Crippen molar-refractivity contribution < 1.29 is 0 Å². The van der Waals surface area contributed by atoms with E-state index in [4.69, 9.17) is 17.3 Å². The van der Waals surface area contributed by atoms with Gasteiger partial charge in [-0.15, -0.1) is 0 Å². The molecule has 2 atom stereocenters. The first-order chi connectivity index (χ1) is 7.22. The van der Waals surface area contributed by atoms with Crippen molar-refractivity contribution in [2.24, 2.45) is 5.92 Å². The summed E-state index contributed by atoms with van der Waals surface area (Å²) in [6, 6.07) is 0.512. The van der Waals surface area contributed by atoms with Gasteiger partial charge in [-0.25, -0.2) is 9.97 Å². The molecule has 2 rings (SSSR count). The Kier molecular flexibility index (Phi) is 2.95. The molecule has 0 amide bonds. The monoisotopic (exact) mass is 226 g/mol. The van der Waals surface area contributed by atoms with E-state index in [0.29, 0.717) is 22.7 Å². The molecular formula is C10H15ClN4. The highest BCUT2D eigenvalue weighted by Gasteiger charge is 2.36. The van der Waals surface area contributed by atoms with Gasteiger partial charge < -0.3 is 11.1 Å². The second-order valence-corrected chi connectivity index (χ2v) is 4.32. The molecule has 0 aliphatic heterocycles. The summed E-state index contributed by atoms with van der Waals surface area (Å²) in [5, 5.41) is 3.62. The van der Waals surface area contributed by atoms with Gasteiger partial charge in [0.05, 0.1) is 0 Å². The predicted molar refractivity (Wildman–Crippen MR) is 61.9 cm³/mol. The Labute approximate surface area is 94.2 Å². The average molecular weight is 227 g/mol. The third-order valence-electron chi connectivity index (χ3n) is 2.74. The lowest BCUT2D eigenvalue weighted by molar-refractivity contribution is 0.692. The molecule has 1 heterocycles. The lowest BCUT2D eigenvalue weighted by Crippen LogP contribution is -2.09. The standard InChI is InChI=1S/C10H15ClN4/c1-2-3-6-4-7(6)15-10-8(12)9(11)13-5-14-10/h5-7H,2-4,12H2,1H3,(H,13,14,15). The molecule has 1 fully saturated rings. The number of hydrogen-bond donors (Lipinski definition) is 2. The quantitative estimate of drug-likeness (QED) is 0.774. The number of nitrogens with zero attached hydrogens (tertiary/aromatic N) is 2. The summed E-state index contributed by atoms with van der Waals surface area (Å²) in [7, 11) is 0. The van der Waals surface area contributed by atoms with Crippen molar-refractivity contribution in [3.63, 3.8) is 0 Å². The predicted octanol–water partition coefficient (Wildman–Crippen LogP) is 2.31. The SMILES string of the molecule is CCCC1CC1Nc1ncnc(Cl)c1N. The number of nitrogens with two attached hydrogens (primary N) is 1. The van der Waals surface area contributed by atoms with E-state index in [2.05, 4.69) is 22.2 Å². The summed E-state index contributed by atoms with van der Waals surface area (Å²) in [6.07, 6.45) is 5.12. The zero-order valence-corrected chi connectivity index (χ0v) is 9.46. The fraction of sp³-hybridized carbons (Fsp3) is 0.600. The summed E-state index contributed by atoms with van der Waals surface area (Å²) in [4.78, 5) is 7.89. The molecule has 3 N–H and O–H groups in total. The third kappa shape index (κ3) is 2.31. The van der Waals surface area contributed by atoms with Crippen LogP contribution in [0.25, 0.3) is 0 Å². The van der Waals surface area contributed by atoms with Crippen LogP contribution in [0.5, 0.6) is 0 Å². The highest BCUT2D eigenvalue weighted by atomic mass is 35.5. The van der Waals surface area contributed by atoms with Crippen molar-refractivity contribution in [1.82, 2.24) is 9.97 Å². The zero-order valence-electron chi connectivity index (χ0n) is 8.70. The van der Waals surface area contributed by atoms with E-state index in [1.54, 1.807) is 0 Å². The number of aromatic nitrogens is 2. The fourth-order valence-electron chi connectivity index (χ4n) is 1.78. The van der Waals surface area contributed by atoms with E-state index in [9.17, 15) is 0 Å². The number of nitrogen functional groups attached to an aromatic ring is 1. The van der Waals surface area contributed by atoms with Crippen LogP contribution in [-0.4, -0.2) is 16.0 Å². The van der Waals surface area contributed by atoms with Gasteiger partial charge in [-0.1, -0.05) is 24.9 Å².